The minimum Gasteiger partial charge on any atom is -0.135 e. The molecule has 168 valence electrons. The fourth-order valence-corrected chi connectivity index (χ4v) is 7.67. The van der Waals surface area contributed by atoms with E-state index in [1.54, 1.807) is 11.3 Å². The molecule has 0 unspecified atom stereocenters. The van der Waals surface area contributed by atoms with Gasteiger partial charge in [-0.15, -0.1) is 11.3 Å². The molecule has 6 aromatic rings. The monoisotopic (exact) mass is 599 g/mol. The van der Waals surface area contributed by atoms with Gasteiger partial charge in [-0.1, -0.05) is 111 Å². The molecule has 35 heavy (non-hydrogen) atoms. The highest BCUT2D eigenvalue weighted by Gasteiger charge is 2.46. The Labute approximate surface area is 232 Å². The smallest absolute Gasteiger partial charge is 0.0626 e. The van der Waals surface area contributed by atoms with Gasteiger partial charge in [0.05, 0.1) is 12.3 Å². The molecule has 0 saturated heterocycles. The molecule has 0 atom stereocenters. The van der Waals surface area contributed by atoms with E-state index in [-0.39, 0.29) is 36.6 Å². The lowest BCUT2D eigenvalue weighted by Crippen LogP contribution is -2.30. The van der Waals surface area contributed by atoms with Crippen molar-refractivity contribution in [3.8, 4) is 11.1 Å². The molecule has 3 heteroatoms. The molecule has 0 saturated carbocycles. The number of rotatable bonds is 3. The maximum absolute atomic E-state index is 8.85. The van der Waals surface area contributed by atoms with Crippen LogP contribution in [0.5, 0.6) is 0 Å². The van der Waals surface area contributed by atoms with Crippen molar-refractivity contribution in [2.24, 2.45) is 0 Å². The second kappa shape index (κ2) is 8.16. The molecule has 0 fully saturated rings. The van der Waals surface area contributed by atoms with Crippen molar-refractivity contribution >= 4 is 63.4 Å². The largest absolute Gasteiger partial charge is 0.135 e. The van der Waals surface area contributed by atoms with E-state index in [0.29, 0.717) is 5.56 Å². The summed E-state index contributed by atoms with van der Waals surface area (Å²) in [6.45, 7) is 0. The molecule has 0 amide bonds. The number of benzene rings is 5. The molecular formula is C32H20Br2S. The van der Waals surface area contributed by atoms with Crippen molar-refractivity contribution in [1.82, 2.24) is 0 Å². The van der Waals surface area contributed by atoms with E-state index in [1.807, 2.05) is 12.1 Å². The minimum atomic E-state index is -0.791. The molecule has 1 heterocycles. The lowest BCUT2D eigenvalue weighted by molar-refractivity contribution is 0.636. The molecule has 0 N–H and O–H groups in total. The van der Waals surface area contributed by atoms with E-state index in [4.69, 9.17) is 6.85 Å². The highest BCUT2D eigenvalue weighted by molar-refractivity contribution is 9.10. The van der Waals surface area contributed by atoms with Gasteiger partial charge in [0.1, 0.15) is 0 Å². The van der Waals surface area contributed by atoms with Gasteiger partial charge < -0.3 is 0 Å². The van der Waals surface area contributed by atoms with Crippen LogP contribution in [0.15, 0.2) is 118 Å². The molecule has 1 aliphatic carbocycles. The Hall–Kier alpha value is -2.72. The Morgan fingerprint density at radius 3 is 2.06 bits per heavy atom. The van der Waals surface area contributed by atoms with Crippen molar-refractivity contribution in [3.63, 3.8) is 0 Å². The average molecular weight is 601 g/mol. The maximum atomic E-state index is 8.85. The maximum Gasteiger partial charge on any atom is 0.0626 e. The fourth-order valence-electron chi connectivity index (χ4n) is 5.66. The van der Waals surface area contributed by atoms with Crippen LogP contribution in [-0.4, -0.2) is 0 Å². The number of hydrogen-bond donors (Lipinski definition) is 0. The molecule has 7 rings (SSSR count). The summed E-state index contributed by atoms with van der Waals surface area (Å²) in [7, 11) is 0. The number of fused-ring (bicyclic) bond motifs is 6. The second-order valence-electron chi connectivity index (χ2n) is 8.85. The molecule has 5 aromatic carbocycles. The molecule has 1 aromatic heterocycles. The Morgan fingerprint density at radius 1 is 0.686 bits per heavy atom. The summed E-state index contributed by atoms with van der Waals surface area (Å²) in [6.07, 6.45) is 0.222. The quantitative estimate of drug-likeness (QED) is 0.189. The van der Waals surface area contributed by atoms with E-state index in [2.05, 4.69) is 98.6 Å². The van der Waals surface area contributed by atoms with Crippen LogP contribution in [0.25, 0.3) is 31.3 Å². The van der Waals surface area contributed by atoms with Crippen LogP contribution in [0.2, 0.25) is 0 Å². The molecular weight excluding hydrogens is 576 g/mol. The van der Waals surface area contributed by atoms with Crippen molar-refractivity contribution in [1.29, 1.82) is 0 Å². The van der Waals surface area contributed by atoms with Crippen LogP contribution >= 0.6 is 43.2 Å². The van der Waals surface area contributed by atoms with Gasteiger partial charge in [0.2, 0.25) is 0 Å². The van der Waals surface area contributed by atoms with Crippen molar-refractivity contribution in [2.45, 2.75) is 11.8 Å². The Kier molecular flexibility index (Phi) is 3.93. The van der Waals surface area contributed by atoms with E-state index < -0.39 is 5.41 Å². The lowest BCUT2D eigenvalue weighted by atomic mass is 9.68. The summed E-state index contributed by atoms with van der Waals surface area (Å²) in [5.74, 6) is 0. The van der Waals surface area contributed by atoms with Crippen molar-refractivity contribution in [2.75, 3.05) is 0 Å². The summed E-state index contributed by atoms with van der Waals surface area (Å²) in [6, 6.07) is 26.0. The van der Waals surface area contributed by atoms with E-state index in [1.165, 1.54) is 10.1 Å². The summed E-state index contributed by atoms with van der Waals surface area (Å²) in [5, 5.41) is 2.34. The van der Waals surface area contributed by atoms with Crippen LogP contribution in [0.1, 0.15) is 29.1 Å². The summed E-state index contributed by atoms with van der Waals surface area (Å²) >= 11 is 9.08. The first-order chi connectivity index (χ1) is 19.2. The van der Waals surface area contributed by atoms with Crippen molar-refractivity contribution in [3.05, 3.63) is 140 Å². The van der Waals surface area contributed by atoms with Crippen molar-refractivity contribution < 1.29 is 6.85 Å². The van der Waals surface area contributed by atoms with Gasteiger partial charge in [-0.2, -0.15) is 0 Å². The lowest BCUT2D eigenvalue weighted by Gasteiger charge is -2.34. The standard InChI is InChI=1S/C32H20Br2S/c33-21-13-15-27-25(17-21)26-18-22(34)14-16-28(26)32(27,19-20-7-2-1-3-8-20)29-11-6-10-24-23-9-4-5-12-30(23)35-31(24)29/h1-18H,19H2/i1D,2D,3D,7D,8D. The Bertz CT molecular complexity index is 1950. The van der Waals surface area contributed by atoms with Crippen LogP contribution in [-0.2, 0) is 11.8 Å². The number of halogens is 2. The van der Waals surface area contributed by atoms with Crippen LogP contribution in [0, 0.1) is 0 Å². The molecule has 0 aliphatic heterocycles. The predicted octanol–water partition coefficient (Wildman–Crippen LogP) is 10.1. The third kappa shape index (κ3) is 3.22. The average Bonchev–Trinajstić information content (AvgIpc) is 3.46. The van der Waals surface area contributed by atoms with E-state index in [9.17, 15) is 0 Å². The molecule has 0 bridgehead atoms. The molecule has 0 nitrogen and oxygen atoms in total. The fraction of sp³-hybridized carbons (Fsp3) is 0.0625. The van der Waals surface area contributed by atoms with E-state index >= 15 is 0 Å². The third-order valence-corrected chi connectivity index (χ3v) is 9.24. The minimum absolute atomic E-state index is 0.155. The van der Waals surface area contributed by atoms with Gasteiger partial charge in [0, 0.05) is 29.1 Å². The zero-order valence-corrected chi connectivity index (χ0v) is 22.4. The van der Waals surface area contributed by atoms with Gasteiger partial charge in [-0.05, 0) is 70.1 Å². The first-order valence-corrected chi connectivity index (χ1v) is 13.7. The second-order valence-corrected chi connectivity index (χ2v) is 11.7. The van der Waals surface area contributed by atoms with Gasteiger partial charge in [-0.25, -0.2) is 0 Å². The highest BCUT2D eigenvalue weighted by atomic mass is 79.9. The van der Waals surface area contributed by atoms with Gasteiger partial charge in [0.25, 0.3) is 0 Å². The summed E-state index contributed by atoms with van der Waals surface area (Å²) in [5.41, 5.74) is 4.84. The summed E-state index contributed by atoms with van der Waals surface area (Å²) in [4.78, 5) is 0. The zero-order chi connectivity index (χ0) is 27.9. The first kappa shape index (κ1) is 16.9. The highest BCUT2D eigenvalue weighted by Crippen LogP contribution is 2.57. The van der Waals surface area contributed by atoms with Gasteiger partial charge >= 0.3 is 0 Å². The van der Waals surface area contributed by atoms with E-state index in [0.717, 1.165) is 46.8 Å². The predicted molar refractivity (Wildman–Crippen MR) is 157 cm³/mol. The zero-order valence-electron chi connectivity index (χ0n) is 23.4. The van der Waals surface area contributed by atoms with Gasteiger partial charge in [0.15, 0.2) is 0 Å². The normalized spacial score (nSPS) is 15.8. The topological polar surface area (TPSA) is 0 Å². The first-order valence-electron chi connectivity index (χ1n) is 13.8. The summed E-state index contributed by atoms with van der Waals surface area (Å²) < 4.78 is 46.9. The van der Waals surface area contributed by atoms with Crippen LogP contribution in [0.4, 0.5) is 0 Å². The molecule has 1 aliphatic rings. The Balaban J connectivity index is 1.66. The molecule has 0 spiro atoms. The Morgan fingerprint density at radius 2 is 1.34 bits per heavy atom. The molecule has 0 radical (unpaired) electrons. The van der Waals surface area contributed by atoms with Gasteiger partial charge in [-0.3, -0.25) is 0 Å². The number of thiophene rings is 1. The van der Waals surface area contributed by atoms with Crippen LogP contribution < -0.4 is 0 Å². The SMILES string of the molecule is [2H]c1c([2H])c([2H])c(CC2(c3cccc4c3sc3ccccc34)c3ccc(Br)cc3-c3cc(Br)ccc32)c([2H])c1[2H]. The van der Waals surface area contributed by atoms with Crippen LogP contribution in [0.3, 0.4) is 0 Å². The number of hydrogen-bond acceptors (Lipinski definition) is 1. The third-order valence-electron chi connectivity index (χ3n) is 7.03.